The minimum absolute atomic E-state index is 0.249. The predicted molar refractivity (Wildman–Crippen MR) is 97.4 cm³/mol. The van der Waals surface area contributed by atoms with Gasteiger partial charge in [-0.25, -0.2) is 9.50 Å². The molecule has 1 amide bonds. The Bertz CT molecular complexity index is 910. The van der Waals surface area contributed by atoms with Gasteiger partial charge in [0, 0.05) is 26.0 Å². The molecule has 1 aliphatic rings. The molecule has 0 unspecified atom stereocenters. The van der Waals surface area contributed by atoms with Gasteiger partial charge in [-0.2, -0.15) is 0 Å². The van der Waals surface area contributed by atoms with Crippen LogP contribution in [0.4, 0.5) is 11.6 Å². The molecule has 1 fully saturated rings. The standard InChI is InChI=1S/C18H20N6O2/c1-26-12-14-5-3-9-23(14)17-7-6-16-20-15(11-24(16)22-17)21-18(25)13-4-2-8-19-10-13/h2,4,6-8,10-11,14H,3,5,9,12H2,1H3,(H,21,25)/t14-/m1/s1. The number of nitrogens with one attached hydrogen (secondary N) is 1. The maximum atomic E-state index is 12.2. The lowest BCUT2D eigenvalue weighted by Gasteiger charge is -2.24. The number of hydrogen-bond donors (Lipinski definition) is 1. The van der Waals surface area contributed by atoms with Gasteiger partial charge >= 0.3 is 0 Å². The Hall–Kier alpha value is -3.00. The number of nitrogens with zero attached hydrogens (tertiary/aromatic N) is 5. The van der Waals surface area contributed by atoms with Crippen molar-refractivity contribution in [3.8, 4) is 0 Å². The Labute approximate surface area is 150 Å². The third-order valence-corrected chi connectivity index (χ3v) is 4.50. The summed E-state index contributed by atoms with van der Waals surface area (Å²) in [4.78, 5) is 22.9. The van der Waals surface area contributed by atoms with Crippen LogP contribution in [0.5, 0.6) is 0 Å². The van der Waals surface area contributed by atoms with Crippen molar-refractivity contribution in [1.82, 2.24) is 19.6 Å². The molecule has 3 aromatic heterocycles. The maximum absolute atomic E-state index is 12.2. The highest BCUT2D eigenvalue weighted by Gasteiger charge is 2.26. The summed E-state index contributed by atoms with van der Waals surface area (Å²) >= 11 is 0. The summed E-state index contributed by atoms with van der Waals surface area (Å²) < 4.78 is 7.00. The van der Waals surface area contributed by atoms with Crippen LogP contribution in [-0.4, -0.2) is 51.8 Å². The lowest BCUT2D eigenvalue weighted by molar-refractivity contribution is 0.102. The summed E-state index contributed by atoms with van der Waals surface area (Å²) in [5, 5.41) is 7.43. The van der Waals surface area contributed by atoms with E-state index >= 15 is 0 Å². The number of carbonyl (C=O) groups is 1. The van der Waals surface area contributed by atoms with Crippen LogP contribution in [0.3, 0.4) is 0 Å². The molecule has 3 aromatic rings. The first-order valence-corrected chi connectivity index (χ1v) is 8.58. The lowest BCUT2D eigenvalue weighted by Crippen LogP contribution is -2.33. The lowest BCUT2D eigenvalue weighted by atomic mass is 10.2. The zero-order valence-electron chi connectivity index (χ0n) is 14.5. The molecule has 4 rings (SSSR count). The van der Waals surface area contributed by atoms with Crippen LogP contribution in [0.25, 0.3) is 5.65 Å². The van der Waals surface area contributed by atoms with E-state index in [0.29, 0.717) is 29.7 Å². The second-order valence-electron chi connectivity index (χ2n) is 6.26. The van der Waals surface area contributed by atoms with Crippen LogP contribution >= 0.6 is 0 Å². The zero-order valence-corrected chi connectivity index (χ0v) is 14.5. The van der Waals surface area contributed by atoms with E-state index < -0.39 is 0 Å². The van der Waals surface area contributed by atoms with E-state index in [1.165, 1.54) is 6.20 Å². The number of amides is 1. The molecular weight excluding hydrogens is 332 g/mol. The third-order valence-electron chi connectivity index (χ3n) is 4.50. The Morgan fingerprint density at radius 3 is 3.12 bits per heavy atom. The van der Waals surface area contributed by atoms with Crippen LogP contribution in [0.2, 0.25) is 0 Å². The van der Waals surface area contributed by atoms with Crippen molar-refractivity contribution in [1.29, 1.82) is 0 Å². The molecule has 0 saturated carbocycles. The number of imidazole rings is 1. The second-order valence-corrected chi connectivity index (χ2v) is 6.26. The average molecular weight is 352 g/mol. The predicted octanol–water partition coefficient (Wildman–Crippen LogP) is 1.99. The van der Waals surface area contributed by atoms with E-state index in [2.05, 4.69) is 25.3 Å². The van der Waals surface area contributed by atoms with E-state index in [9.17, 15) is 4.79 Å². The van der Waals surface area contributed by atoms with E-state index in [4.69, 9.17) is 4.74 Å². The van der Waals surface area contributed by atoms with Gasteiger partial charge in [0.05, 0.1) is 24.4 Å². The summed E-state index contributed by atoms with van der Waals surface area (Å²) in [7, 11) is 1.72. The number of rotatable bonds is 5. The van der Waals surface area contributed by atoms with Gasteiger partial charge in [-0.1, -0.05) is 0 Å². The molecule has 26 heavy (non-hydrogen) atoms. The Balaban J connectivity index is 1.55. The SMILES string of the molecule is COC[C@H]1CCCN1c1ccc2nc(NC(=O)c3cccnc3)cn2n1. The van der Waals surface area contributed by atoms with Crippen molar-refractivity contribution in [3.63, 3.8) is 0 Å². The number of pyridine rings is 1. The molecule has 1 aliphatic heterocycles. The molecule has 8 nitrogen and oxygen atoms in total. The number of hydrogen-bond acceptors (Lipinski definition) is 6. The fourth-order valence-corrected chi connectivity index (χ4v) is 3.27. The first-order chi connectivity index (χ1) is 12.7. The topological polar surface area (TPSA) is 84.6 Å². The number of anilines is 2. The molecule has 0 aromatic carbocycles. The van der Waals surface area contributed by atoms with Gasteiger partial charge in [0.1, 0.15) is 5.82 Å². The normalized spacial score (nSPS) is 17.0. The Morgan fingerprint density at radius 2 is 2.31 bits per heavy atom. The van der Waals surface area contributed by atoms with Gasteiger partial charge in [0.15, 0.2) is 11.5 Å². The molecular formula is C18H20N6O2. The minimum atomic E-state index is -0.249. The summed E-state index contributed by atoms with van der Waals surface area (Å²) in [5.74, 6) is 1.10. The Morgan fingerprint density at radius 1 is 1.38 bits per heavy atom. The Kier molecular flexibility index (Phi) is 4.49. The van der Waals surface area contributed by atoms with Gasteiger partial charge in [0.25, 0.3) is 5.91 Å². The van der Waals surface area contributed by atoms with Crippen molar-refractivity contribution in [3.05, 3.63) is 48.4 Å². The number of carbonyl (C=O) groups excluding carboxylic acids is 1. The molecule has 1 N–H and O–H groups in total. The van der Waals surface area contributed by atoms with Crippen molar-refractivity contribution in [2.75, 3.05) is 30.5 Å². The molecule has 1 saturated heterocycles. The van der Waals surface area contributed by atoms with Crippen molar-refractivity contribution < 1.29 is 9.53 Å². The van der Waals surface area contributed by atoms with Crippen LogP contribution in [0.15, 0.2) is 42.9 Å². The molecule has 0 aliphatic carbocycles. The fourth-order valence-electron chi connectivity index (χ4n) is 3.27. The van der Waals surface area contributed by atoms with Crippen LogP contribution in [0.1, 0.15) is 23.2 Å². The zero-order chi connectivity index (χ0) is 17.9. The molecule has 4 heterocycles. The molecule has 0 bridgehead atoms. The largest absolute Gasteiger partial charge is 0.383 e. The number of methoxy groups -OCH3 is 1. The summed E-state index contributed by atoms with van der Waals surface area (Å²) in [5.41, 5.74) is 1.16. The van der Waals surface area contributed by atoms with Gasteiger partial charge in [-0.3, -0.25) is 9.78 Å². The van der Waals surface area contributed by atoms with E-state index in [1.54, 1.807) is 36.2 Å². The minimum Gasteiger partial charge on any atom is -0.383 e. The fraction of sp³-hybridized carbons (Fsp3) is 0.333. The van der Waals surface area contributed by atoms with Crippen LogP contribution < -0.4 is 10.2 Å². The summed E-state index contributed by atoms with van der Waals surface area (Å²) in [6, 6.07) is 7.64. The highest BCUT2D eigenvalue weighted by molar-refractivity contribution is 6.03. The van der Waals surface area contributed by atoms with E-state index in [1.807, 2.05) is 12.1 Å². The molecule has 0 radical (unpaired) electrons. The maximum Gasteiger partial charge on any atom is 0.258 e. The van der Waals surface area contributed by atoms with Crippen molar-refractivity contribution in [2.24, 2.45) is 0 Å². The second kappa shape index (κ2) is 7.09. The van der Waals surface area contributed by atoms with Gasteiger partial charge in [-0.05, 0) is 37.1 Å². The van der Waals surface area contributed by atoms with Gasteiger partial charge < -0.3 is 15.0 Å². The van der Waals surface area contributed by atoms with E-state index in [-0.39, 0.29) is 5.91 Å². The average Bonchev–Trinajstić information content (AvgIpc) is 3.28. The highest BCUT2D eigenvalue weighted by atomic mass is 16.5. The number of aromatic nitrogens is 4. The van der Waals surface area contributed by atoms with Crippen LogP contribution in [0, 0.1) is 0 Å². The monoisotopic (exact) mass is 352 g/mol. The third kappa shape index (κ3) is 3.23. The van der Waals surface area contributed by atoms with Gasteiger partial charge in [0.2, 0.25) is 0 Å². The van der Waals surface area contributed by atoms with Gasteiger partial charge in [-0.15, -0.1) is 5.10 Å². The highest BCUT2D eigenvalue weighted by Crippen LogP contribution is 2.24. The molecule has 134 valence electrons. The molecule has 0 spiro atoms. The first kappa shape index (κ1) is 16.5. The van der Waals surface area contributed by atoms with Crippen LogP contribution in [-0.2, 0) is 4.74 Å². The smallest absolute Gasteiger partial charge is 0.258 e. The first-order valence-electron chi connectivity index (χ1n) is 8.58. The molecule has 8 heteroatoms. The number of fused-ring (bicyclic) bond motifs is 1. The summed E-state index contributed by atoms with van der Waals surface area (Å²) in [6.45, 7) is 1.65. The molecule has 1 atom stereocenters. The quantitative estimate of drug-likeness (QED) is 0.756. The number of ether oxygens (including phenoxy) is 1. The van der Waals surface area contributed by atoms with Crippen molar-refractivity contribution >= 4 is 23.2 Å². The van der Waals surface area contributed by atoms with E-state index in [0.717, 1.165) is 25.2 Å². The summed E-state index contributed by atoms with van der Waals surface area (Å²) in [6.07, 6.45) is 7.09. The van der Waals surface area contributed by atoms with Crippen molar-refractivity contribution in [2.45, 2.75) is 18.9 Å².